The Morgan fingerprint density at radius 1 is 0.917 bits per heavy atom. The lowest BCUT2D eigenvalue weighted by Gasteiger charge is -2.35. The van der Waals surface area contributed by atoms with E-state index >= 15 is 0 Å². The Morgan fingerprint density at radius 2 is 1.54 bits per heavy atom. The lowest BCUT2D eigenvalue weighted by atomic mass is 9.90. The molecule has 0 spiro atoms. The van der Waals surface area contributed by atoms with Gasteiger partial charge in [-0.05, 0) is 32.1 Å². The van der Waals surface area contributed by atoms with Crippen molar-refractivity contribution in [3.05, 3.63) is 0 Å². The molecule has 2 heterocycles. The van der Waals surface area contributed by atoms with E-state index in [1.54, 1.807) is 0 Å². The van der Waals surface area contributed by atoms with Crippen LogP contribution in [0.2, 0.25) is 0 Å². The van der Waals surface area contributed by atoms with Gasteiger partial charge >= 0.3 is 0 Å². The number of carbonyl (C=O) groups excluding carboxylic acids is 2. The van der Waals surface area contributed by atoms with Crippen molar-refractivity contribution in [3.63, 3.8) is 0 Å². The fraction of sp³-hybridized carbons (Fsp3) is 0.895. The average Bonchev–Trinajstić information content (AvgIpc) is 2.87. The molecule has 1 N–H and O–H groups in total. The first-order valence-electron chi connectivity index (χ1n) is 9.94. The van der Waals surface area contributed by atoms with Crippen molar-refractivity contribution in [3.8, 4) is 0 Å². The normalized spacial score (nSPS) is 28.6. The predicted octanol–water partition coefficient (Wildman–Crippen LogP) is 2.16. The molecule has 136 valence electrons. The molecule has 3 fully saturated rings. The Kier molecular flexibility index (Phi) is 6.14. The van der Waals surface area contributed by atoms with E-state index in [1.165, 1.54) is 32.1 Å². The van der Waals surface area contributed by atoms with Crippen LogP contribution in [-0.2, 0) is 9.59 Å². The van der Waals surface area contributed by atoms with E-state index in [4.69, 9.17) is 0 Å². The largest absolute Gasteiger partial charge is 0.353 e. The molecular weight excluding hydrogens is 302 g/mol. The molecule has 2 saturated heterocycles. The van der Waals surface area contributed by atoms with Crippen molar-refractivity contribution in [2.24, 2.45) is 5.92 Å². The van der Waals surface area contributed by atoms with E-state index in [0.717, 1.165) is 51.7 Å². The van der Waals surface area contributed by atoms with Crippen LogP contribution in [0.3, 0.4) is 0 Å². The number of amides is 2. The minimum atomic E-state index is 0.0808. The maximum absolute atomic E-state index is 12.6. The number of piperidine rings is 1. The van der Waals surface area contributed by atoms with Gasteiger partial charge in [0.1, 0.15) is 0 Å². The van der Waals surface area contributed by atoms with Gasteiger partial charge in [0.15, 0.2) is 0 Å². The van der Waals surface area contributed by atoms with Crippen molar-refractivity contribution in [1.82, 2.24) is 15.1 Å². The van der Waals surface area contributed by atoms with Gasteiger partial charge in [-0.1, -0.05) is 32.1 Å². The smallest absolute Gasteiger partial charge is 0.239 e. The Hall–Kier alpha value is -1.10. The molecule has 2 aliphatic heterocycles. The number of hydrogen-bond donors (Lipinski definition) is 1. The van der Waals surface area contributed by atoms with Crippen LogP contribution in [-0.4, -0.2) is 60.4 Å². The summed E-state index contributed by atoms with van der Waals surface area (Å²) in [6.45, 7) is 2.74. The van der Waals surface area contributed by atoms with Crippen LogP contribution >= 0.6 is 0 Å². The summed E-state index contributed by atoms with van der Waals surface area (Å²) in [5.41, 5.74) is 0. The van der Waals surface area contributed by atoms with Crippen molar-refractivity contribution >= 4 is 11.8 Å². The first kappa shape index (κ1) is 17.7. The highest BCUT2D eigenvalue weighted by molar-refractivity contribution is 5.83. The third kappa shape index (κ3) is 4.29. The van der Waals surface area contributed by atoms with Crippen molar-refractivity contribution in [2.75, 3.05) is 26.7 Å². The summed E-state index contributed by atoms with van der Waals surface area (Å²) in [6, 6.07) is 0.380. The molecule has 1 atom stereocenters. The molecule has 5 nitrogen and oxygen atoms in total. The van der Waals surface area contributed by atoms with Crippen molar-refractivity contribution in [1.29, 1.82) is 0 Å². The van der Waals surface area contributed by atoms with Gasteiger partial charge < -0.3 is 10.2 Å². The topological polar surface area (TPSA) is 52.6 Å². The van der Waals surface area contributed by atoms with Crippen LogP contribution in [0.5, 0.6) is 0 Å². The van der Waals surface area contributed by atoms with Crippen LogP contribution in [0.1, 0.15) is 64.2 Å². The molecule has 3 rings (SSSR count). The van der Waals surface area contributed by atoms with Gasteiger partial charge in [-0.15, -0.1) is 0 Å². The molecule has 0 unspecified atom stereocenters. The first-order valence-corrected chi connectivity index (χ1v) is 9.94. The van der Waals surface area contributed by atoms with E-state index in [9.17, 15) is 9.59 Å². The van der Waals surface area contributed by atoms with E-state index in [2.05, 4.69) is 10.2 Å². The van der Waals surface area contributed by atoms with Gasteiger partial charge in [-0.3, -0.25) is 14.5 Å². The minimum Gasteiger partial charge on any atom is -0.353 e. The van der Waals surface area contributed by atoms with E-state index < -0.39 is 0 Å². The highest BCUT2D eigenvalue weighted by atomic mass is 16.2. The van der Waals surface area contributed by atoms with Gasteiger partial charge in [0, 0.05) is 38.6 Å². The number of carbonyl (C=O) groups is 2. The third-order valence-corrected chi connectivity index (χ3v) is 6.19. The summed E-state index contributed by atoms with van der Waals surface area (Å²) >= 11 is 0. The van der Waals surface area contributed by atoms with E-state index in [1.807, 2.05) is 11.9 Å². The number of nitrogens with zero attached hydrogens (tertiary/aromatic N) is 2. The molecule has 3 aliphatic rings. The molecule has 0 radical (unpaired) electrons. The molecule has 24 heavy (non-hydrogen) atoms. The summed E-state index contributed by atoms with van der Waals surface area (Å²) in [5, 5.41) is 3.31. The summed E-state index contributed by atoms with van der Waals surface area (Å²) in [6.07, 6.45) is 11.3. The monoisotopic (exact) mass is 335 g/mol. The summed E-state index contributed by atoms with van der Waals surface area (Å²) < 4.78 is 0. The summed E-state index contributed by atoms with van der Waals surface area (Å²) in [7, 11) is 1.89. The number of nitrogens with one attached hydrogen (secondary N) is 1. The SMILES string of the molecule is CN1CC[C@@H](N2CCC(NC(=O)C3CCCCCCC3)CC2)C1=O. The molecule has 1 saturated carbocycles. The molecule has 0 aromatic rings. The Morgan fingerprint density at radius 3 is 2.12 bits per heavy atom. The molecule has 5 heteroatoms. The van der Waals surface area contributed by atoms with Crippen LogP contribution in [0.4, 0.5) is 0 Å². The van der Waals surface area contributed by atoms with Crippen LogP contribution in [0, 0.1) is 5.92 Å². The first-order chi connectivity index (χ1) is 11.6. The third-order valence-electron chi connectivity index (χ3n) is 6.19. The fourth-order valence-corrected chi connectivity index (χ4v) is 4.54. The molecule has 0 aromatic carbocycles. The van der Waals surface area contributed by atoms with Gasteiger partial charge in [-0.25, -0.2) is 0 Å². The van der Waals surface area contributed by atoms with E-state index in [-0.39, 0.29) is 23.8 Å². The summed E-state index contributed by atoms with van der Waals surface area (Å²) in [5.74, 6) is 0.785. The maximum Gasteiger partial charge on any atom is 0.239 e. The molecule has 0 bridgehead atoms. The summed E-state index contributed by atoms with van der Waals surface area (Å²) in [4.78, 5) is 28.9. The quantitative estimate of drug-likeness (QED) is 0.860. The number of hydrogen-bond acceptors (Lipinski definition) is 3. The maximum atomic E-state index is 12.6. The van der Waals surface area contributed by atoms with Crippen LogP contribution < -0.4 is 5.32 Å². The molecule has 1 aliphatic carbocycles. The second-order valence-corrected chi connectivity index (χ2v) is 7.93. The highest BCUT2D eigenvalue weighted by Gasteiger charge is 2.36. The second-order valence-electron chi connectivity index (χ2n) is 7.93. The predicted molar refractivity (Wildman–Crippen MR) is 94.6 cm³/mol. The van der Waals surface area contributed by atoms with Crippen LogP contribution in [0.25, 0.3) is 0 Å². The lowest BCUT2D eigenvalue weighted by Crippen LogP contribution is -2.50. The number of rotatable bonds is 3. The molecule has 2 amide bonds. The minimum absolute atomic E-state index is 0.0808. The molecule has 0 aromatic heterocycles. The average molecular weight is 335 g/mol. The molecular formula is C19H33N3O2. The Labute approximate surface area is 146 Å². The van der Waals surface area contributed by atoms with Gasteiger partial charge in [0.2, 0.25) is 11.8 Å². The standard InChI is InChI=1S/C19H33N3O2/c1-21-12-11-17(19(21)24)22-13-9-16(10-14-22)20-18(23)15-7-5-3-2-4-6-8-15/h15-17H,2-14H2,1H3,(H,20,23)/t17-/m1/s1. The van der Waals surface area contributed by atoms with Crippen molar-refractivity contribution < 1.29 is 9.59 Å². The van der Waals surface area contributed by atoms with Gasteiger partial charge in [-0.2, -0.15) is 0 Å². The number of likely N-dealkylation sites (N-methyl/N-ethyl adjacent to an activating group) is 1. The van der Waals surface area contributed by atoms with Crippen LogP contribution in [0.15, 0.2) is 0 Å². The van der Waals surface area contributed by atoms with E-state index in [0.29, 0.717) is 6.04 Å². The van der Waals surface area contributed by atoms with Crippen molar-refractivity contribution in [2.45, 2.75) is 76.3 Å². The highest BCUT2D eigenvalue weighted by Crippen LogP contribution is 2.24. The lowest BCUT2D eigenvalue weighted by molar-refractivity contribution is -0.132. The Balaban J connectivity index is 1.43. The van der Waals surface area contributed by atoms with Gasteiger partial charge in [0.05, 0.1) is 6.04 Å². The Bertz CT molecular complexity index is 438. The number of likely N-dealkylation sites (tertiary alicyclic amines) is 2. The fourth-order valence-electron chi connectivity index (χ4n) is 4.54. The zero-order valence-corrected chi connectivity index (χ0v) is 15.1. The zero-order valence-electron chi connectivity index (χ0n) is 15.1. The second kappa shape index (κ2) is 8.32. The zero-order chi connectivity index (χ0) is 16.9. The van der Waals surface area contributed by atoms with Gasteiger partial charge in [0.25, 0.3) is 0 Å².